The van der Waals surface area contributed by atoms with Gasteiger partial charge in [0, 0.05) is 20.3 Å². The Kier molecular flexibility index (Phi) is 5.48. The molecular formula is C17H21N5O7. The van der Waals surface area contributed by atoms with E-state index in [4.69, 9.17) is 19.9 Å². The molecule has 0 unspecified atom stereocenters. The number of hydrogen-bond acceptors (Lipinski definition) is 11. The van der Waals surface area contributed by atoms with E-state index < -0.39 is 41.8 Å². The van der Waals surface area contributed by atoms with E-state index in [1.54, 1.807) is 6.92 Å². The summed E-state index contributed by atoms with van der Waals surface area (Å²) in [5.74, 6) is -1.75. The first-order valence-electron chi connectivity index (χ1n) is 8.86. The smallest absolute Gasteiger partial charge is 0.303 e. The van der Waals surface area contributed by atoms with Gasteiger partial charge in [-0.2, -0.15) is 0 Å². The molecule has 0 aromatic carbocycles. The van der Waals surface area contributed by atoms with Crippen molar-refractivity contribution in [1.29, 1.82) is 0 Å². The summed E-state index contributed by atoms with van der Waals surface area (Å²) in [7, 11) is 0. The van der Waals surface area contributed by atoms with Gasteiger partial charge < -0.3 is 25.1 Å². The van der Waals surface area contributed by atoms with Crippen molar-refractivity contribution in [3.8, 4) is 0 Å². The van der Waals surface area contributed by atoms with Crippen LogP contribution in [0.2, 0.25) is 0 Å². The van der Waals surface area contributed by atoms with E-state index in [-0.39, 0.29) is 30.0 Å². The quantitative estimate of drug-likeness (QED) is 0.580. The molecule has 3 N–H and O–H groups in total. The lowest BCUT2D eigenvalue weighted by Gasteiger charge is -2.31. The van der Waals surface area contributed by atoms with E-state index in [2.05, 4.69) is 15.0 Å². The minimum atomic E-state index is -2.02. The first-order valence-corrected chi connectivity index (χ1v) is 8.86. The lowest BCUT2D eigenvalue weighted by Crippen LogP contribution is -2.52. The number of nitrogens with zero attached hydrogens (tertiary/aromatic N) is 4. The number of nitrogen functional groups attached to an aromatic ring is 1. The summed E-state index contributed by atoms with van der Waals surface area (Å²) in [5, 5.41) is 11.1. The summed E-state index contributed by atoms with van der Waals surface area (Å²) in [4.78, 5) is 47.9. The van der Waals surface area contributed by atoms with Gasteiger partial charge in [-0.05, 0) is 0 Å². The van der Waals surface area contributed by atoms with Crippen molar-refractivity contribution in [3.63, 3.8) is 0 Å². The van der Waals surface area contributed by atoms with E-state index in [1.165, 1.54) is 24.1 Å². The number of ether oxygens (including phenoxy) is 3. The first-order chi connectivity index (χ1) is 13.7. The van der Waals surface area contributed by atoms with Gasteiger partial charge in [0.15, 0.2) is 23.4 Å². The van der Waals surface area contributed by atoms with Crippen molar-refractivity contribution in [2.75, 3.05) is 12.3 Å². The molecule has 1 saturated heterocycles. The zero-order valence-corrected chi connectivity index (χ0v) is 16.1. The molecule has 1 aliphatic rings. The molecule has 1 aliphatic heterocycles. The summed E-state index contributed by atoms with van der Waals surface area (Å²) in [6.07, 6.45) is -1.62. The van der Waals surface area contributed by atoms with Crippen LogP contribution in [0.25, 0.3) is 11.2 Å². The van der Waals surface area contributed by atoms with Crippen molar-refractivity contribution in [2.24, 2.45) is 0 Å². The molecular weight excluding hydrogens is 386 g/mol. The highest BCUT2D eigenvalue weighted by Crippen LogP contribution is 2.40. The third-order valence-corrected chi connectivity index (χ3v) is 4.60. The van der Waals surface area contributed by atoms with E-state index in [9.17, 15) is 19.5 Å². The number of fused-ring (bicyclic) bond motifs is 1. The third-order valence-electron chi connectivity index (χ3n) is 4.60. The molecule has 2 aromatic rings. The number of imidazole rings is 1. The van der Waals surface area contributed by atoms with E-state index in [0.29, 0.717) is 0 Å². The van der Waals surface area contributed by atoms with Crippen LogP contribution in [0.3, 0.4) is 0 Å². The van der Waals surface area contributed by atoms with Crippen LogP contribution >= 0.6 is 0 Å². The lowest BCUT2D eigenvalue weighted by atomic mass is 9.96. The fourth-order valence-electron chi connectivity index (χ4n) is 3.37. The maximum absolute atomic E-state index is 13.0. The zero-order chi connectivity index (χ0) is 21.3. The van der Waals surface area contributed by atoms with Crippen LogP contribution in [0.15, 0.2) is 12.7 Å². The number of anilines is 1. The number of aromatic nitrogens is 4. The van der Waals surface area contributed by atoms with Gasteiger partial charge >= 0.3 is 11.9 Å². The average molecular weight is 407 g/mol. The predicted octanol–water partition coefficient (Wildman–Crippen LogP) is -0.705. The van der Waals surface area contributed by atoms with Gasteiger partial charge in [0.25, 0.3) is 0 Å². The molecule has 0 saturated carbocycles. The Hall–Kier alpha value is -3.12. The third kappa shape index (κ3) is 3.40. The van der Waals surface area contributed by atoms with Crippen LogP contribution in [0.4, 0.5) is 5.82 Å². The van der Waals surface area contributed by atoms with Crippen molar-refractivity contribution in [2.45, 2.75) is 51.2 Å². The standard InChI is InChI=1S/C17H21N5O7/c1-4-11(25)17(22-7-21-12-15(18)19-6-20-16(12)22)14(26)13(28-9(3)24)10(29-17)5-27-8(2)23/h6-7,10,13-14,26H,4-5H2,1-3H3,(H2,18,19,20)/t10-,13-,14-,17-/m1/s1. The summed E-state index contributed by atoms with van der Waals surface area (Å²) in [6, 6.07) is 0. The fraction of sp³-hybridized carbons (Fsp3) is 0.529. The van der Waals surface area contributed by atoms with Gasteiger partial charge in [-0.15, -0.1) is 0 Å². The maximum Gasteiger partial charge on any atom is 0.303 e. The SMILES string of the molecule is CCC(=O)[C@@]1(n2cnc3c(N)ncnc32)O[C@H](COC(C)=O)[C@@H](OC(C)=O)[C@H]1O. The highest BCUT2D eigenvalue weighted by molar-refractivity contribution is 5.89. The second kappa shape index (κ2) is 7.72. The summed E-state index contributed by atoms with van der Waals surface area (Å²) in [5.41, 5.74) is 4.15. The number of carbonyl (C=O) groups excluding carboxylic acids is 3. The van der Waals surface area contributed by atoms with Crippen LogP contribution < -0.4 is 5.73 Å². The van der Waals surface area contributed by atoms with Crippen molar-refractivity contribution >= 4 is 34.7 Å². The van der Waals surface area contributed by atoms with Crippen LogP contribution in [0, 0.1) is 0 Å². The topological polar surface area (TPSA) is 169 Å². The summed E-state index contributed by atoms with van der Waals surface area (Å²) >= 11 is 0. The highest BCUT2D eigenvalue weighted by Gasteiger charge is 2.62. The highest BCUT2D eigenvalue weighted by atomic mass is 16.6. The molecule has 3 rings (SSSR count). The van der Waals surface area contributed by atoms with E-state index >= 15 is 0 Å². The molecule has 3 heterocycles. The molecule has 12 heteroatoms. The van der Waals surface area contributed by atoms with Crippen LogP contribution in [-0.2, 0) is 34.3 Å². The Balaban J connectivity index is 2.15. The Labute approximate surface area is 165 Å². The molecule has 0 aliphatic carbocycles. The number of aliphatic hydroxyl groups is 1. The van der Waals surface area contributed by atoms with Gasteiger partial charge in [-0.3, -0.25) is 19.0 Å². The largest absolute Gasteiger partial charge is 0.463 e. The lowest BCUT2D eigenvalue weighted by molar-refractivity contribution is -0.176. The number of Topliss-reactive ketones (excluding diaryl/α,β-unsaturated/α-hetero) is 1. The van der Waals surface area contributed by atoms with Crippen molar-refractivity contribution in [1.82, 2.24) is 19.5 Å². The number of esters is 2. The van der Waals surface area contributed by atoms with Gasteiger partial charge in [-0.25, -0.2) is 15.0 Å². The van der Waals surface area contributed by atoms with Crippen molar-refractivity contribution < 1.29 is 33.7 Å². The van der Waals surface area contributed by atoms with Crippen molar-refractivity contribution in [3.05, 3.63) is 12.7 Å². The molecule has 0 radical (unpaired) electrons. The Bertz CT molecular complexity index is 961. The van der Waals surface area contributed by atoms with E-state index in [1.807, 2.05) is 0 Å². The zero-order valence-electron chi connectivity index (χ0n) is 16.1. The van der Waals surface area contributed by atoms with Crippen LogP contribution in [-0.4, -0.2) is 67.3 Å². The summed E-state index contributed by atoms with van der Waals surface area (Å²) in [6.45, 7) is 3.59. The second-order valence-corrected chi connectivity index (χ2v) is 6.50. The molecule has 0 amide bonds. The van der Waals surface area contributed by atoms with Gasteiger partial charge in [0.1, 0.15) is 37.0 Å². The van der Waals surface area contributed by atoms with Gasteiger partial charge in [0.2, 0.25) is 5.72 Å². The number of rotatable bonds is 6. The minimum absolute atomic E-state index is 0.0234. The molecule has 156 valence electrons. The van der Waals surface area contributed by atoms with Crippen LogP contribution in [0.5, 0.6) is 0 Å². The second-order valence-electron chi connectivity index (χ2n) is 6.50. The minimum Gasteiger partial charge on any atom is -0.463 e. The number of aliphatic hydroxyl groups excluding tert-OH is 1. The van der Waals surface area contributed by atoms with Crippen LogP contribution in [0.1, 0.15) is 27.2 Å². The molecule has 0 bridgehead atoms. The normalized spacial score (nSPS) is 26.4. The number of carbonyl (C=O) groups is 3. The molecule has 2 aromatic heterocycles. The van der Waals surface area contributed by atoms with Gasteiger partial charge in [-0.1, -0.05) is 6.92 Å². The number of nitrogens with two attached hydrogens (primary N) is 1. The van der Waals surface area contributed by atoms with Gasteiger partial charge in [0.05, 0.1) is 0 Å². The molecule has 0 spiro atoms. The summed E-state index contributed by atoms with van der Waals surface area (Å²) < 4.78 is 17.3. The molecule has 1 fully saturated rings. The van der Waals surface area contributed by atoms with E-state index in [0.717, 1.165) is 6.92 Å². The Morgan fingerprint density at radius 3 is 2.62 bits per heavy atom. The molecule has 4 atom stereocenters. The molecule has 29 heavy (non-hydrogen) atoms. The predicted molar refractivity (Wildman–Crippen MR) is 96.1 cm³/mol. The molecule has 12 nitrogen and oxygen atoms in total. The average Bonchev–Trinajstić information content (AvgIpc) is 3.21. The Morgan fingerprint density at radius 1 is 1.28 bits per heavy atom. The fourth-order valence-corrected chi connectivity index (χ4v) is 3.37. The first kappa shape index (κ1) is 20.6. The number of ketones is 1. The Morgan fingerprint density at radius 2 is 2.00 bits per heavy atom. The monoisotopic (exact) mass is 407 g/mol. The maximum atomic E-state index is 13.0. The number of hydrogen-bond donors (Lipinski definition) is 2.